The fourth-order valence-electron chi connectivity index (χ4n) is 3.00. The zero-order chi connectivity index (χ0) is 13.9. The monoisotopic (exact) mass is 285 g/mol. The fourth-order valence-corrected chi connectivity index (χ4v) is 3.29. The van der Waals surface area contributed by atoms with E-state index in [0.29, 0.717) is 6.04 Å². The molecule has 1 atom stereocenters. The van der Waals surface area contributed by atoms with Crippen LogP contribution in [0.15, 0.2) is 42.5 Å². The molecule has 0 bridgehead atoms. The van der Waals surface area contributed by atoms with E-state index < -0.39 is 0 Å². The Kier molecular flexibility index (Phi) is 3.98. The van der Waals surface area contributed by atoms with Crippen molar-refractivity contribution < 1.29 is 0 Å². The number of hydrogen-bond acceptors (Lipinski definition) is 1. The maximum Gasteiger partial charge on any atom is 0.0640 e. The number of nitrogens with one attached hydrogen (secondary N) is 1. The standard InChI is InChI=1S/C18H20ClN/c1-13-10-11-18(16(19)12-13)20-17-9-5-3-7-14-6-2-4-8-15(14)17/h2,4,6,8,10-12,17,20H,3,5,7,9H2,1H3. The first kappa shape index (κ1) is 13.5. The van der Waals surface area contributed by atoms with E-state index in [1.165, 1.54) is 42.4 Å². The van der Waals surface area contributed by atoms with Crippen molar-refractivity contribution in [2.45, 2.75) is 38.6 Å². The molecule has 0 heterocycles. The molecule has 20 heavy (non-hydrogen) atoms. The van der Waals surface area contributed by atoms with Gasteiger partial charge in [0.05, 0.1) is 16.8 Å². The molecule has 0 radical (unpaired) electrons. The van der Waals surface area contributed by atoms with E-state index in [1.807, 2.05) is 6.07 Å². The third-order valence-corrected chi connectivity index (χ3v) is 4.39. The quantitative estimate of drug-likeness (QED) is 0.716. The van der Waals surface area contributed by atoms with Gasteiger partial charge in [-0.05, 0) is 55.0 Å². The van der Waals surface area contributed by atoms with Crippen molar-refractivity contribution >= 4 is 17.3 Å². The Morgan fingerprint density at radius 2 is 1.95 bits per heavy atom. The van der Waals surface area contributed by atoms with Gasteiger partial charge in [-0.3, -0.25) is 0 Å². The Hall–Kier alpha value is -1.47. The van der Waals surface area contributed by atoms with Crippen molar-refractivity contribution in [3.8, 4) is 0 Å². The van der Waals surface area contributed by atoms with Gasteiger partial charge in [0.25, 0.3) is 0 Å². The summed E-state index contributed by atoms with van der Waals surface area (Å²) in [5.74, 6) is 0. The summed E-state index contributed by atoms with van der Waals surface area (Å²) in [6.07, 6.45) is 4.89. The van der Waals surface area contributed by atoms with Crippen LogP contribution in [0, 0.1) is 6.92 Å². The molecule has 0 saturated carbocycles. The second-order valence-corrected chi connectivity index (χ2v) is 6.03. The Morgan fingerprint density at radius 1 is 1.10 bits per heavy atom. The first-order valence-electron chi connectivity index (χ1n) is 7.34. The van der Waals surface area contributed by atoms with Crippen LogP contribution in [0.5, 0.6) is 0 Å². The van der Waals surface area contributed by atoms with Crippen LogP contribution in [-0.4, -0.2) is 0 Å². The fraction of sp³-hybridized carbons (Fsp3) is 0.333. The van der Waals surface area contributed by atoms with Gasteiger partial charge >= 0.3 is 0 Å². The van der Waals surface area contributed by atoms with Gasteiger partial charge in [-0.1, -0.05) is 48.4 Å². The lowest BCUT2D eigenvalue weighted by molar-refractivity contribution is 0.644. The van der Waals surface area contributed by atoms with Crippen molar-refractivity contribution in [1.29, 1.82) is 0 Å². The maximum atomic E-state index is 6.35. The lowest BCUT2D eigenvalue weighted by Gasteiger charge is -2.21. The molecule has 0 aliphatic heterocycles. The third-order valence-electron chi connectivity index (χ3n) is 4.07. The molecule has 1 aliphatic carbocycles. The number of benzene rings is 2. The highest BCUT2D eigenvalue weighted by Gasteiger charge is 2.18. The molecule has 104 valence electrons. The van der Waals surface area contributed by atoms with E-state index >= 15 is 0 Å². The van der Waals surface area contributed by atoms with Gasteiger partial charge in [0.1, 0.15) is 0 Å². The van der Waals surface area contributed by atoms with Gasteiger partial charge in [0.2, 0.25) is 0 Å². The summed E-state index contributed by atoms with van der Waals surface area (Å²) < 4.78 is 0. The number of anilines is 1. The highest BCUT2D eigenvalue weighted by molar-refractivity contribution is 6.33. The number of hydrogen-bond donors (Lipinski definition) is 1. The lowest BCUT2D eigenvalue weighted by atomic mass is 9.99. The molecule has 1 unspecified atom stereocenters. The topological polar surface area (TPSA) is 12.0 Å². The minimum absolute atomic E-state index is 0.369. The molecule has 0 aromatic heterocycles. The molecule has 2 heteroatoms. The van der Waals surface area contributed by atoms with Gasteiger partial charge in [0, 0.05) is 0 Å². The van der Waals surface area contributed by atoms with Crippen LogP contribution in [0.3, 0.4) is 0 Å². The summed E-state index contributed by atoms with van der Waals surface area (Å²) in [5, 5.41) is 4.45. The Balaban J connectivity index is 1.90. The Morgan fingerprint density at radius 3 is 2.80 bits per heavy atom. The molecule has 3 rings (SSSR count). The molecule has 1 nitrogen and oxygen atoms in total. The van der Waals surface area contributed by atoms with Gasteiger partial charge in [-0.25, -0.2) is 0 Å². The molecule has 1 aliphatic rings. The third kappa shape index (κ3) is 2.83. The summed E-state index contributed by atoms with van der Waals surface area (Å²) >= 11 is 6.35. The number of rotatable bonds is 2. The summed E-state index contributed by atoms with van der Waals surface area (Å²) in [5.41, 5.74) is 5.15. The van der Waals surface area contributed by atoms with Crippen LogP contribution < -0.4 is 5.32 Å². The molecule has 2 aromatic rings. The maximum absolute atomic E-state index is 6.35. The molecule has 0 fully saturated rings. The first-order chi connectivity index (χ1) is 9.74. The van der Waals surface area contributed by atoms with Crippen molar-refractivity contribution in [3.05, 3.63) is 64.2 Å². The van der Waals surface area contributed by atoms with Gasteiger partial charge in [0.15, 0.2) is 0 Å². The van der Waals surface area contributed by atoms with Gasteiger partial charge in [-0.15, -0.1) is 0 Å². The Bertz CT molecular complexity index is 606. The van der Waals surface area contributed by atoms with Crippen molar-refractivity contribution in [2.75, 3.05) is 5.32 Å². The van der Waals surface area contributed by atoms with Crippen molar-refractivity contribution in [1.82, 2.24) is 0 Å². The van der Waals surface area contributed by atoms with E-state index in [1.54, 1.807) is 0 Å². The normalized spacial score (nSPS) is 18.2. The van der Waals surface area contributed by atoms with E-state index in [0.717, 1.165) is 10.7 Å². The SMILES string of the molecule is Cc1ccc(NC2CCCCc3ccccc32)c(Cl)c1. The predicted molar refractivity (Wildman–Crippen MR) is 86.5 cm³/mol. The van der Waals surface area contributed by atoms with Gasteiger partial charge < -0.3 is 5.32 Å². The number of aryl methyl sites for hydroxylation is 2. The minimum Gasteiger partial charge on any atom is -0.377 e. The molecule has 2 aromatic carbocycles. The highest BCUT2D eigenvalue weighted by atomic mass is 35.5. The second kappa shape index (κ2) is 5.88. The average molecular weight is 286 g/mol. The molecular weight excluding hydrogens is 266 g/mol. The molecule has 0 saturated heterocycles. The highest BCUT2D eigenvalue weighted by Crippen LogP contribution is 2.33. The summed E-state index contributed by atoms with van der Waals surface area (Å²) in [6.45, 7) is 2.07. The van der Waals surface area contributed by atoms with Crippen LogP contribution in [0.4, 0.5) is 5.69 Å². The van der Waals surface area contributed by atoms with Crippen LogP contribution in [0.25, 0.3) is 0 Å². The van der Waals surface area contributed by atoms with E-state index in [-0.39, 0.29) is 0 Å². The van der Waals surface area contributed by atoms with Crippen LogP contribution >= 0.6 is 11.6 Å². The number of halogens is 1. The van der Waals surface area contributed by atoms with Crippen LogP contribution in [-0.2, 0) is 6.42 Å². The molecule has 1 N–H and O–H groups in total. The smallest absolute Gasteiger partial charge is 0.0640 e. The Labute approximate surface area is 126 Å². The van der Waals surface area contributed by atoms with Crippen molar-refractivity contribution in [2.24, 2.45) is 0 Å². The lowest BCUT2D eigenvalue weighted by Crippen LogP contribution is -2.11. The molecule has 0 spiro atoms. The largest absolute Gasteiger partial charge is 0.377 e. The molecular formula is C18H20ClN. The first-order valence-corrected chi connectivity index (χ1v) is 7.72. The number of fused-ring (bicyclic) bond motifs is 1. The van der Waals surface area contributed by atoms with E-state index in [2.05, 4.69) is 48.6 Å². The second-order valence-electron chi connectivity index (χ2n) is 5.62. The van der Waals surface area contributed by atoms with Gasteiger partial charge in [-0.2, -0.15) is 0 Å². The summed E-state index contributed by atoms with van der Waals surface area (Å²) in [6, 6.07) is 15.4. The molecule has 0 amide bonds. The predicted octanol–water partition coefficient (Wildman–Crippen LogP) is 5.53. The zero-order valence-electron chi connectivity index (χ0n) is 11.8. The van der Waals surface area contributed by atoms with E-state index in [4.69, 9.17) is 11.6 Å². The van der Waals surface area contributed by atoms with Crippen molar-refractivity contribution in [3.63, 3.8) is 0 Å². The van der Waals surface area contributed by atoms with Crippen LogP contribution in [0.2, 0.25) is 5.02 Å². The minimum atomic E-state index is 0.369. The summed E-state index contributed by atoms with van der Waals surface area (Å²) in [7, 11) is 0. The van der Waals surface area contributed by atoms with E-state index in [9.17, 15) is 0 Å². The summed E-state index contributed by atoms with van der Waals surface area (Å²) in [4.78, 5) is 0. The zero-order valence-corrected chi connectivity index (χ0v) is 12.6. The average Bonchev–Trinajstić information content (AvgIpc) is 2.65. The van der Waals surface area contributed by atoms with Crippen LogP contribution in [0.1, 0.15) is 42.0 Å².